The van der Waals surface area contributed by atoms with Gasteiger partial charge in [-0.3, -0.25) is 9.59 Å². The standard InChI is InChI=1S/C12H17N3O2S/c1-12(11(17)14-2)4-5-15(7-12)10(16)9-8(13)3-6-18-9/h3,6H,4-5,7,13H2,1-2H3,(H,14,17). The van der Waals surface area contributed by atoms with Crippen molar-refractivity contribution in [2.24, 2.45) is 5.41 Å². The number of likely N-dealkylation sites (tertiary alicyclic amines) is 1. The maximum absolute atomic E-state index is 12.3. The molecule has 1 aromatic heterocycles. The Kier molecular flexibility index (Phi) is 3.30. The molecule has 0 spiro atoms. The summed E-state index contributed by atoms with van der Waals surface area (Å²) in [4.78, 5) is 26.3. The van der Waals surface area contributed by atoms with Crippen molar-refractivity contribution >= 4 is 28.8 Å². The van der Waals surface area contributed by atoms with Crippen LogP contribution >= 0.6 is 11.3 Å². The van der Waals surface area contributed by atoms with Crippen molar-refractivity contribution in [3.05, 3.63) is 16.3 Å². The normalized spacial score (nSPS) is 23.1. The van der Waals surface area contributed by atoms with Crippen LogP contribution in [-0.2, 0) is 4.79 Å². The molecule has 1 aromatic rings. The van der Waals surface area contributed by atoms with E-state index in [0.29, 0.717) is 30.1 Å². The van der Waals surface area contributed by atoms with Crippen molar-refractivity contribution in [2.75, 3.05) is 25.9 Å². The Balaban J connectivity index is 2.12. The highest BCUT2D eigenvalue weighted by atomic mass is 32.1. The minimum atomic E-state index is -0.490. The number of nitrogen functional groups attached to an aromatic ring is 1. The first-order valence-electron chi connectivity index (χ1n) is 5.82. The van der Waals surface area contributed by atoms with Gasteiger partial charge in [0.1, 0.15) is 4.88 Å². The molecule has 18 heavy (non-hydrogen) atoms. The van der Waals surface area contributed by atoms with Crippen LogP contribution in [0.15, 0.2) is 11.4 Å². The number of nitrogens with two attached hydrogens (primary N) is 1. The van der Waals surface area contributed by atoms with Crippen LogP contribution in [0.1, 0.15) is 23.0 Å². The lowest BCUT2D eigenvalue weighted by molar-refractivity contribution is -0.128. The Bertz CT molecular complexity index is 485. The Hall–Kier alpha value is -1.56. The molecule has 0 aromatic carbocycles. The number of carbonyl (C=O) groups is 2. The van der Waals surface area contributed by atoms with Gasteiger partial charge in [-0.1, -0.05) is 0 Å². The molecule has 0 saturated carbocycles. The van der Waals surface area contributed by atoms with Crippen molar-refractivity contribution in [3.63, 3.8) is 0 Å². The van der Waals surface area contributed by atoms with E-state index >= 15 is 0 Å². The summed E-state index contributed by atoms with van der Waals surface area (Å²) in [5.74, 6) is -0.0907. The maximum atomic E-state index is 12.3. The first-order valence-corrected chi connectivity index (χ1v) is 6.70. The summed E-state index contributed by atoms with van der Waals surface area (Å²) in [5.41, 5.74) is 5.77. The van der Waals surface area contributed by atoms with Gasteiger partial charge in [-0.05, 0) is 24.8 Å². The van der Waals surface area contributed by atoms with E-state index in [4.69, 9.17) is 5.73 Å². The Morgan fingerprint density at radius 1 is 1.56 bits per heavy atom. The third-order valence-corrected chi connectivity index (χ3v) is 4.34. The number of amides is 2. The highest BCUT2D eigenvalue weighted by molar-refractivity contribution is 7.12. The predicted octanol–water partition coefficient (Wildman–Crippen LogP) is 0.928. The minimum absolute atomic E-state index is 0.0167. The summed E-state index contributed by atoms with van der Waals surface area (Å²) in [6.07, 6.45) is 0.684. The van der Waals surface area contributed by atoms with Gasteiger partial charge in [0.25, 0.3) is 5.91 Å². The summed E-state index contributed by atoms with van der Waals surface area (Å²) >= 11 is 1.34. The van der Waals surface area contributed by atoms with E-state index in [-0.39, 0.29) is 11.8 Å². The van der Waals surface area contributed by atoms with E-state index in [1.54, 1.807) is 23.4 Å². The van der Waals surface area contributed by atoms with E-state index in [9.17, 15) is 9.59 Å². The van der Waals surface area contributed by atoms with Gasteiger partial charge < -0.3 is 16.0 Å². The fourth-order valence-electron chi connectivity index (χ4n) is 2.26. The zero-order valence-electron chi connectivity index (χ0n) is 10.5. The van der Waals surface area contributed by atoms with E-state index in [2.05, 4.69) is 5.32 Å². The highest BCUT2D eigenvalue weighted by Crippen LogP contribution is 2.32. The van der Waals surface area contributed by atoms with Crippen LogP contribution in [0.2, 0.25) is 0 Å². The average molecular weight is 267 g/mol. The van der Waals surface area contributed by atoms with Gasteiger partial charge in [-0.2, -0.15) is 0 Å². The molecule has 0 aliphatic carbocycles. The van der Waals surface area contributed by atoms with E-state index in [1.165, 1.54) is 11.3 Å². The molecule has 2 rings (SSSR count). The molecule has 1 fully saturated rings. The van der Waals surface area contributed by atoms with Crippen molar-refractivity contribution in [1.82, 2.24) is 10.2 Å². The summed E-state index contributed by atoms with van der Waals surface area (Å²) < 4.78 is 0. The van der Waals surface area contributed by atoms with E-state index in [1.807, 2.05) is 6.92 Å². The van der Waals surface area contributed by atoms with Gasteiger partial charge in [0.05, 0.1) is 11.1 Å². The largest absolute Gasteiger partial charge is 0.397 e. The van der Waals surface area contributed by atoms with Gasteiger partial charge in [0.2, 0.25) is 5.91 Å². The fourth-order valence-corrected chi connectivity index (χ4v) is 3.04. The van der Waals surface area contributed by atoms with E-state index in [0.717, 1.165) is 0 Å². The topological polar surface area (TPSA) is 75.4 Å². The van der Waals surface area contributed by atoms with E-state index < -0.39 is 5.41 Å². The second-order valence-electron chi connectivity index (χ2n) is 4.82. The molecule has 1 aliphatic heterocycles. The lowest BCUT2D eigenvalue weighted by Crippen LogP contribution is -2.40. The molecule has 98 valence electrons. The molecule has 1 atom stereocenters. The van der Waals surface area contributed by atoms with Crippen molar-refractivity contribution in [2.45, 2.75) is 13.3 Å². The molecule has 1 saturated heterocycles. The summed E-state index contributed by atoms with van der Waals surface area (Å²) in [7, 11) is 1.62. The number of rotatable bonds is 2. The highest BCUT2D eigenvalue weighted by Gasteiger charge is 2.42. The van der Waals surface area contributed by atoms with Gasteiger partial charge in [-0.25, -0.2) is 0 Å². The zero-order valence-corrected chi connectivity index (χ0v) is 11.3. The summed E-state index contributed by atoms with van der Waals surface area (Å²) in [6.45, 7) is 2.93. The lowest BCUT2D eigenvalue weighted by atomic mass is 9.89. The van der Waals surface area contributed by atoms with Crippen LogP contribution in [0.5, 0.6) is 0 Å². The molecule has 1 unspecified atom stereocenters. The Labute approximate surface area is 110 Å². The second-order valence-corrected chi connectivity index (χ2v) is 5.74. The third kappa shape index (κ3) is 2.08. The Morgan fingerprint density at radius 3 is 2.83 bits per heavy atom. The van der Waals surface area contributed by atoms with Gasteiger partial charge in [0, 0.05) is 20.1 Å². The number of hydrogen-bond acceptors (Lipinski definition) is 4. The molecule has 0 bridgehead atoms. The minimum Gasteiger partial charge on any atom is -0.397 e. The average Bonchev–Trinajstić information content (AvgIpc) is 2.95. The smallest absolute Gasteiger partial charge is 0.266 e. The van der Waals surface area contributed by atoms with Crippen LogP contribution in [0.3, 0.4) is 0 Å². The fraction of sp³-hybridized carbons (Fsp3) is 0.500. The summed E-state index contributed by atoms with van der Waals surface area (Å²) in [6, 6.07) is 1.73. The number of anilines is 1. The number of hydrogen-bond donors (Lipinski definition) is 2. The van der Waals surface area contributed by atoms with Crippen LogP contribution in [-0.4, -0.2) is 36.9 Å². The zero-order chi connectivity index (χ0) is 13.3. The lowest BCUT2D eigenvalue weighted by Gasteiger charge is -2.22. The van der Waals surface area contributed by atoms with Gasteiger partial charge in [0.15, 0.2) is 0 Å². The number of carbonyl (C=O) groups excluding carboxylic acids is 2. The van der Waals surface area contributed by atoms with Crippen molar-refractivity contribution in [1.29, 1.82) is 0 Å². The van der Waals surface area contributed by atoms with Gasteiger partial charge >= 0.3 is 0 Å². The molecule has 5 nitrogen and oxygen atoms in total. The van der Waals surface area contributed by atoms with Crippen LogP contribution in [0.4, 0.5) is 5.69 Å². The first-order chi connectivity index (χ1) is 8.48. The van der Waals surface area contributed by atoms with Gasteiger partial charge in [-0.15, -0.1) is 11.3 Å². The SMILES string of the molecule is CNC(=O)C1(C)CCN(C(=O)c2sccc2N)C1. The molecule has 2 amide bonds. The molecule has 0 radical (unpaired) electrons. The number of nitrogens with zero attached hydrogens (tertiary/aromatic N) is 1. The second kappa shape index (κ2) is 4.61. The molecule has 1 aliphatic rings. The third-order valence-electron chi connectivity index (χ3n) is 3.43. The Morgan fingerprint density at radius 2 is 2.28 bits per heavy atom. The predicted molar refractivity (Wildman–Crippen MR) is 71.4 cm³/mol. The molecular weight excluding hydrogens is 250 g/mol. The van der Waals surface area contributed by atoms with Crippen LogP contribution in [0.25, 0.3) is 0 Å². The first kappa shape index (κ1) is 12.9. The summed E-state index contributed by atoms with van der Waals surface area (Å²) in [5, 5.41) is 4.46. The van der Waals surface area contributed by atoms with Crippen LogP contribution in [0, 0.1) is 5.41 Å². The van der Waals surface area contributed by atoms with Crippen molar-refractivity contribution < 1.29 is 9.59 Å². The molecule has 6 heteroatoms. The van der Waals surface area contributed by atoms with Crippen LogP contribution < -0.4 is 11.1 Å². The number of nitrogens with one attached hydrogen (secondary N) is 1. The maximum Gasteiger partial charge on any atom is 0.266 e. The molecular formula is C12H17N3O2S. The molecule has 2 heterocycles. The van der Waals surface area contributed by atoms with Crippen molar-refractivity contribution in [3.8, 4) is 0 Å². The quantitative estimate of drug-likeness (QED) is 0.837. The molecule has 3 N–H and O–H groups in total. The number of thiophene rings is 1. The monoisotopic (exact) mass is 267 g/mol.